The van der Waals surface area contributed by atoms with Crippen molar-refractivity contribution in [1.82, 2.24) is 14.7 Å². The molecule has 2 aromatic carbocycles. The topological polar surface area (TPSA) is 73.7 Å². The first-order chi connectivity index (χ1) is 21.2. The van der Waals surface area contributed by atoms with Crippen LogP contribution in [-0.4, -0.2) is 60.1 Å². The van der Waals surface area contributed by atoms with E-state index in [9.17, 15) is 9.59 Å². The van der Waals surface area contributed by atoms with Gasteiger partial charge in [0.25, 0.3) is 5.91 Å². The van der Waals surface area contributed by atoms with Gasteiger partial charge in [0, 0.05) is 42.6 Å². The summed E-state index contributed by atoms with van der Waals surface area (Å²) in [6, 6.07) is 22.7. The van der Waals surface area contributed by atoms with Gasteiger partial charge >= 0.3 is 6.09 Å². The number of aromatic nitrogens is 2. The van der Waals surface area contributed by atoms with Crippen molar-refractivity contribution in [1.29, 1.82) is 0 Å². The molecule has 0 spiro atoms. The molecule has 0 bridgehead atoms. The largest absolute Gasteiger partial charge is 0.448 e. The summed E-state index contributed by atoms with van der Waals surface area (Å²) >= 11 is 7.71. The zero-order valence-electron chi connectivity index (χ0n) is 25.4. The Balaban J connectivity index is 1.11. The molecule has 44 heavy (non-hydrogen) atoms. The number of amides is 1. The quantitative estimate of drug-likeness (QED) is 0.188. The molecule has 0 saturated carbocycles. The van der Waals surface area contributed by atoms with E-state index in [4.69, 9.17) is 26.2 Å². The van der Waals surface area contributed by atoms with Crippen LogP contribution in [0.25, 0.3) is 11.1 Å². The standard InChI is InChI=1S/C35H38ClN3O4S/c1-35(2,22-42-3)33(40)39-24(12-13-25-14-15-32(36)44-25)20-31(37-39)23-16-18-38(19-17-23)34(41)43-21-30-28-10-6-4-8-26(28)27-9-5-7-11-29(27)30/h4-11,14-15,20,23,30H,12-13,16-19,21-22H2,1-3H3. The summed E-state index contributed by atoms with van der Waals surface area (Å²) in [6.07, 6.45) is 2.70. The number of carbonyl (C=O) groups is 2. The molecule has 2 aliphatic rings. The molecule has 4 aromatic rings. The molecule has 0 unspecified atom stereocenters. The van der Waals surface area contributed by atoms with Gasteiger partial charge in [-0.3, -0.25) is 4.79 Å². The highest BCUT2D eigenvalue weighted by Gasteiger charge is 2.34. The highest BCUT2D eigenvalue weighted by atomic mass is 35.5. The van der Waals surface area contributed by atoms with Crippen LogP contribution >= 0.6 is 22.9 Å². The highest BCUT2D eigenvalue weighted by Crippen LogP contribution is 2.44. The van der Waals surface area contributed by atoms with E-state index in [2.05, 4.69) is 42.5 Å². The number of rotatable bonds is 9. The molecule has 2 aromatic heterocycles. The van der Waals surface area contributed by atoms with Gasteiger partial charge in [0.05, 0.1) is 22.1 Å². The third-order valence-corrected chi connectivity index (χ3v) is 10.1. The van der Waals surface area contributed by atoms with E-state index in [0.717, 1.165) is 35.0 Å². The minimum absolute atomic E-state index is 0.0383. The van der Waals surface area contributed by atoms with Crippen LogP contribution in [0.15, 0.2) is 66.7 Å². The zero-order valence-corrected chi connectivity index (χ0v) is 27.0. The molecule has 3 heterocycles. The lowest BCUT2D eigenvalue weighted by Crippen LogP contribution is -2.39. The number of hydrogen-bond donors (Lipinski definition) is 0. The number of methoxy groups -OCH3 is 1. The van der Waals surface area contributed by atoms with Gasteiger partial charge in [-0.15, -0.1) is 11.3 Å². The normalized spacial score (nSPS) is 15.3. The van der Waals surface area contributed by atoms with E-state index in [1.54, 1.807) is 28.0 Å². The van der Waals surface area contributed by atoms with E-state index in [1.807, 2.05) is 38.1 Å². The number of fused-ring (bicyclic) bond motifs is 3. The first kappa shape index (κ1) is 30.6. The average Bonchev–Trinajstić information content (AvgIpc) is 3.74. The molecule has 0 N–H and O–H groups in total. The number of hydrogen-bond acceptors (Lipinski definition) is 6. The number of halogens is 1. The van der Waals surface area contributed by atoms with Crippen molar-refractivity contribution in [2.45, 2.75) is 51.4 Å². The van der Waals surface area contributed by atoms with Gasteiger partial charge in [-0.25, -0.2) is 9.48 Å². The molecule has 1 saturated heterocycles. The van der Waals surface area contributed by atoms with Crippen molar-refractivity contribution in [2.75, 3.05) is 33.4 Å². The fourth-order valence-corrected chi connectivity index (χ4v) is 7.57. The maximum atomic E-state index is 13.6. The van der Waals surface area contributed by atoms with E-state index in [0.29, 0.717) is 32.7 Å². The molecule has 1 fully saturated rings. The van der Waals surface area contributed by atoms with Crippen LogP contribution in [0.4, 0.5) is 4.79 Å². The van der Waals surface area contributed by atoms with Crippen molar-refractivity contribution in [2.24, 2.45) is 5.41 Å². The second-order valence-electron chi connectivity index (χ2n) is 12.4. The fourth-order valence-electron chi connectivity index (χ4n) is 6.48. The Morgan fingerprint density at radius 1 is 0.977 bits per heavy atom. The third kappa shape index (κ3) is 6.21. The summed E-state index contributed by atoms with van der Waals surface area (Å²) in [5, 5.41) is 4.86. The average molecular weight is 632 g/mol. The highest BCUT2D eigenvalue weighted by molar-refractivity contribution is 7.16. The summed E-state index contributed by atoms with van der Waals surface area (Å²) in [4.78, 5) is 29.8. The van der Waals surface area contributed by atoms with Crippen molar-refractivity contribution in [3.05, 3.63) is 98.5 Å². The van der Waals surface area contributed by atoms with Crippen LogP contribution in [0, 0.1) is 5.41 Å². The summed E-state index contributed by atoms with van der Waals surface area (Å²) in [6.45, 7) is 5.56. The number of benzene rings is 2. The Morgan fingerprint density at radius 3 is 2.25 bits per heavy atom. The molecule has 9 heteroatoms. The minimum Gasteiger partial charge on any atom is -0.448 e. The molecule has 0 atom stereocenters. The van der Waals surface area contributed by atoms with Crippen molar-refractivity contribution < 1.29 is 19.1 Å². The molecular weight excluding hydrogens is 594 g/mol. The molecule has 0 radical (unpaired) electrons. The summed E-state index contributed by atoms with van der Waals surface area (Å²) in [7, 11) is 1.61. The van der Waals surface area contributed by atoms with E-state index >= 15 is 0 Å². The number of aryl methyl sites for hydroxylation is 2. The fraction of sp³-hybridized carbons (Fsp3) is 0.400. The van der Waals surface area contributed by atoms with Gasteiger partial charge in [-0.2, -0.15) is 5.10 Å². The first-order valence-corrected chi connectivity index (χ1v) is 16.4. The zero-order chi connectivity index (χ0) is 30.8. The van der Waals surface area contributed by atoms with Crippen molar-refractivity contribution in [3.8, 4) is 11.1 Å². The van der Waals surface area contributed by atoms with Crippen LogP contribution in [0.1, 0.15) is 70.7 Å². The predicted octanol–water partition coefficient (Wildman–Crippen LogP) is 7.82. The molecular formula is C35H38ClN3O4S. The summed E-state index contributed by atoms with van der Waals surface area (Å²) < 4.78 is 13.6. The van der Waals surface area contributed by atoms with E-state index in [1.165, 1.54) is 27.1 Å². The van der Waals surface area contributed by atoms with E-state index < -0.39 is 5.41 Å². The van der Waals surface area contributed by atoms with Crippen LogP contribution in [0.5, 0.6) is 0 Å². The van der Waals surface area contributed by atoms with Crippen molar-refractivity contribution in [3.63, 3.8) is 0 Å². The molecule has 1 amide bonds. The maximum Gasteiger partial charge on any atom is 0.409 e. The number of likely N-dealkylation sites (tertiary alicyclic amines) is 1. The van der Waals surface area contributed by atoms with E-state index in [-0.39, 0.29) is 23.8 Å². The number of carbonyl (C=O) groups excluding carboxylic acids is 2. The van der Waals surface area contributed by atoms with Gasteiger partial charge in [0.2, 0.25) is 0 Å². The SMILES string of the molecule is COCC(C)(C)C(=O)n1nc(C2CCN(C(=O)OCC3c4ccccc4-c4ccccc43)CC2)cc1CCc1ccc(Cl)s1. The number of piperidine rings is 1. The van der Waals surface area contributed by atoms with Crippen molar-refractivity contribution >= 4 is 34.9 Å². The Labute approximate surface area is 267 Å². The second kappa shape index (κ2) is 12.9. The van der Waals surface area contributed by atoms with Crippen LogP contribution < -0.4 is 0 Å². The Morgan fingerprint density at radius 2 is 1.64 bits per heavy atom. The van der Waals surface area contributed by atoms with Gasteiger partial charge in [0.1, 0.15) is 6.61 Å². The number of nitrogens with zero attached hydrogens (tertiary/aromatic N) is 3. The van der Waals surface area contributed by atoms with Gasteiger partial charge in [-0.05, 0) is 80.0 Å². The lowest BCUT2D eigenvalue weighted by molar-refractivity contribution is 0.0521. The lowest BCUT2D eigenvalue weighted by atomic mass is 9.93. The Kier molecular flexibility index (Phi) is 8.94. The van der Waals surface area contributed by atoms with Crippen LogP contribution in [-0.2, 0) is 22.3 Å². The number of thiophene rings is 1. The Bertz CT molecular complexity index is 1610. The lowest BCUT2D eigenvalue weighted by Gasteiger charge is -2.31. The first-order valence-electron chi connectivity index (χ1n) is 15.2. The molecule has 1 aliphatic heterocycles. The van der Waals surface area contributed by atoms with Crippen LogP contribution in [0.3, 0.4) is 0 Å². The molecule has 230 valence electrons. The second-order valence-corrected chi connectivity index (χ2v) is 14.2. The predicted molar refractivity (Wildman–Crippen MR) is 174 cm³/mol. The summed E-state index contributed by atoms with van der Waals surface area (Å²) in [5.74, 6) is 0.111. The number of ether oxygens (including phenoxy) is 2. The monoisotopic (exact) mass is 631 g/mol. The molecule has 7 nitrogen and oxygen atoms in total. The smallest absolute Gasteiger partial charge is 0.409 e. The third-order valence-electron chi connectivity index (χ3n) is 8.84. The van der Waals surface area contributed by atoms with Crippen LogP contribution in [0.2, 0.25) is 4.34 Å². The van der Waals surface area contributed by atoms with Gasteiger partial charge in [0.15, 0.2) is 0 Å². The molecule has 1 aliphatic carbocycles. The molecule has 6 rings (SSSR count). The minimum atomic E-state index is -0.716. The Hall–Kier alpha value is -3.46. The maximum absolute atomic E-state index is 13.6. The van der Waals surface area contributed by atoms with Gasteiger partial charge < -0.3 is 14.4 Å². The van der Waals surface area contributed by atoms with Gasteiger partial charge in [-0.1, -0.05) is 60.1 Å². The summed E-state index contributed by atoms with van der Waals surface area (Å²) in [5.41, 5.74) is 5.91.